The lowest BCUT2D eigenvalue weighted by molar-refractivity contribution is -0.126. The zero-order valence-electron chi connectivity index (χ0n) is 14.2. The number of para-hydroxylation sites is 2. The molecule has 0 aromatic heterocycles. The average Bonchev–Trinajstić information content (AvgIpc) is 2.61. The van der Waals surface area contributed by atoms with Crippen LogP contribution in [0, 0.1) is 0 Å². The fourth-order valence-corrected chi connectivity index (χ4v) is 2.83. The number of amides is 1. The molecule has 1 N–H and O–H groups in total. The fourth-order valence-electron chi connectivity index (χ4n) is 2.83. The topological polar surface area (TPSA) is 54.0 Å². The van der Waals surface area contributed by atoms with Gasteiger partial charge in [-0.3, -0.25) is 9.69 Å². The Balaban J connectivity index is 1.87. The molecule has 0 aliphatic carbocycles. The first-order valence-corrected chi connectivity index (χ1v) is 8.06. The molecule has 1 heterocycles. The molecule has 1 saturated heterocycles. The molecule has 0 radical (unpaired) electrons. The number of methoxy groups -OCH3 is 2. The summed E-state index contributed by atoms with van der Waals surface area (Å²) in [4.78, 5) is 16.7. The van der Waals surface area contributed by atoms with Crippen LogP contribution in [0.3, 0.4) is 0 Å². The van der Waals surface area contributed by atoms with Crippen molar-refractivity contribution in [2.45, 2.75) is 13.0 Å². The van der Waals surface area contributed by atoms with E-state index in [1.807, 2.05) is 25.1 Å². The second-order valence-corrected chi connectivity index (χ2v) is 5.65. The lowest BCUT2D eigenvalue weighted by Gasteiger charge is -2.38. The highest BCUT2D eigenvalue weighted by Gasteiger charge is 2.26. The van der Waals surface area contributed by atoms with E-state index in [0.717, 1.165) is 37.6 Å². The van der Waals surface area contributed by atoms with Crippen LogP contribution < -0.4 is 15.0 Å². The van der Waals surface area contributed by atoms with Crippen LogP contribution in [-0.2, 0) is 9.53 Å². The Morgan fingerprint density at radius 1 is 1.22 bits per heavy atom. The van der Waals surface area contributed by atoms with E-state index in [0.29, 0.717) is 13.2 Å². The number of piperazine rings is 1. The van der Waals surface area contributed by atoms with Crippen LogP contribution in [0.25, 0.3) is 0 Å². The molecular formula is C17H27N3O3. The summed E-state index contributed by atoms with van der Waals surface area (Å²) in [5.41, 5.74) is 1.12. The highest BCUT2D eigenvalue weighted by molar-refractivity contribution is 5.81. The van der Waals surface area contributed by atoms with Crippen molar-refractivity contribution in [3.05, 3.63) is 24.3 Å². The van der Waals surface area contributed by atoms with Crippen molar-refractivity contribution in [2.24, 2.45) is 0 Å². The van der Waals surface area contributed by atoms with Gasteiger partial charge in [0.2, 0.25) is 5.91 Å². The average molecular weight is 321 g/mol. The van der Waals surface area contributed by atoms with Gasteiger partial charge in [-0.2, -0.15) is 0 Å². The molecule has 1 amide bonds. The van der Waals surface area contributed by atoms with Crippen LogP contribution in [0.4, 0.5) is 5.69 Å². The van der Waals surface area contributed by atoms with Crippen molar-refractivity contribution in [1.82, 2.24) is 10.2 Å². The van der Waals surface area contributed by atoms with E-state index in [9.17, 15) is 4.79 Å². The SMILES string of the molecule is COCCNC(=O)[C@@H](C)N1CCN(c2ccccc2OC)CC1. The van der Waals surface area contributed by atoms with Crippen LogP contribution in [0.5, 0.6) is 5.75 Å². The molecule has 128 valence electrons. The van der Waals surface area contributed by atoms with Crippen LogP contribution in [0.15, 0.2) is 24.3 Å². The summed E-state index contributed by atoms with van der Waals surface area (Å²) in [6.45, 7) is 6.54. The van der Waals surface area contributed by atoms with Crippen LogP contribution in [-0.4, -0.2) is 70.4 Å². The summed E-state index contributed by atoms with van der Waals surface area (Å²) in [6.07, 6.45) is 0. The van der Waals surface area contributed by atoms with Gasteiger partial charge in [-0.05, 0) is 19.1 Å². The summed E-state index contributed by atoms with van der Waals surface area (Å²) in [6, 6.07) is 7.94. The first kappa shape index (κ1) is 17.6. The van der Waals surface area contributed by atoms with Crippen LogP contribution >= 0.6 is 0 Å². The van der Waals surface area contributed by atoms with E-state index >= 15 is 0 Å². The lowest BCUT2D eigenvalue weighted by atomic mass is 10.2. The van der Waals surface area contributed by atoms with Crippen molar-refractivity contribution in [3.63, 3.8) is 0 Å². The zero-order valence-corrected chi connectivity index (χ0v) is 14.2. The quantitative estimate of drug-likeness (QED) is 0.759. The van der Waals surface area contributed by atoms with E-state index in [-0.39, 0.29) is 11.9 Å². The molecule has 6 heteroatoms. The maximum absolute atomic E-state index is 12.1. The van der Waals surface area contributed by atoms with E-state index in [2.05, 4.69) is 21.2 Å². The summed E-state index contributed by atoms with van der Waals surface area (Å²) in [5, 5.41) is 2.90. The number of nitrogens with one attached hydrogen (secondary N) is 1. The third-order valence-electron chi connectivity index (χ3n) is 4.27. The number of carbonyl (C=O) groups excluding carboxylic acids is 1. The fraction of sp³-hybridized carbons (Fsp3) is 0.588. The molecule has 1 fully saturated rings. The van der Waals surface area contributed by atoms with Gasteiger partial charge in [0.15, 0.2) is 0 Å². The molecule has 0 spiro atoms. The molecule has 1 aromatic rings. The zero-order chi connectivity index (χ0) is 16.7. The van der Waals surface area contributed by atoms with Crippen molar-refractivity contribution >= 4 is 11.6 Å². The lowest BCUT2D eigenvalue weighted by Crippen LogP contribution is -2.54. The minimum absolute atomic E-state index is 0.0628. The van der Waals surface area contributed by atoms with Gasteiger partial charge >= 0.3 is 0 Å². The highest BCUT2D eigenvalue weighted by Crippen LogP contribution is 2.28. The first-order valence-electron chi connectivity index (χ1n) is 8.06. The maximum Gasteiger partial charge on any atom is 0.237 e. The normalized spacial score (nSPS) is 16.9. The third kappa shape index (κ3) is 4.59. The maximum atomic E-state index is 12.1. The van der Waals surface area contributed by atoms with Crippen molar-refractivity contribution < 1.29 is 14.3 Å². The Labute approximate surface area is 138 Å². The van der Waals surface area contributed by atoms with E-state index < -0.39 is 0 Å². The number of nitrogens with zero attached hydrogens (tertiary/aromatic N) is 2. The predicted molar refractivity (Wildman–Crippen MR) is 91.1 cm³/mol. The molecule has 1 aromatic carbocycles. The molecule has 1 aliphatic heterocycles. The number of rotatable bonds is 7. The molecule has 23 heavy (non-hydrogen) atoms. The second-order valence-electron chi connectivity index (χ2n) is 5.65. The monoisotopic (exact) mass is 321 g/mol. The number of anilines is 1. The molecule has 1 aliphatic rings. The Morgan fingerprint density at radius 2 is 1.91 bits per heavy atom. The van der Waals surface area contributed by atoms with Crippen molar-refractivity contribution in [2.75, 3.05) is 58.5 Å². The second kappa shape index (κ2) is 8.74. The van der Waals surface area contributed by atoms with Gasteiger partial charge in [-0.15, -0.1) is 0 Å². The number of carbonyl (C=O) groups is 1. The van der Waals surface area contributed by atoms with Crippen LogP contribution in [0.1, 0.15) is 6.92 Å². The molecule has 0 saturated carbocycles. The smallest absolute Gasteiger partial charge is 0.237 e. The largest absolute Gasteiger partial charge is 0.495 e. The summed E-state index contributed by atoms with van der Waals surface area (Å²) >= 11 is 0. The summed E-state index contributed by atoms with van der Waals surface area (Å²) in [5.74, 6) is 0.957. The first-order chi connectivity index (χ1) is 11.2. The van der Waals surface area contributed by atoms with Crippen LogP contribution in [0.2, 0.25) is 0 Å². The Bertz CT molecular complexity index is 502. The minimum Gasteiger partial charge on any atom is -0.495 e. The third-order valence-corrected chi connectivity index (χ3v) is 4.27. The number of ether oxygens (including phenoxy) is 2. The molecule has 0 bridgehead atoms. The van der Waals surface area contributed by atoms with Crippen molar-refractivity contribution in [3.8, 4) is 5.75 Å². The molecule has 1 atom stereocenters. The summed E-state index contributed by atoms with van der Waals surface area (Å²) < 4.78 is 10.4. The van der Waals surface area contributed by atoms with E-state index in [1.165, 1.54) is 0 Å². The van der Waals surface area contributed by atoms with Gasteiger partial charge in [0.25, 0.3) is 0 Å². The predicted octanol–water partition coefficient (Wildman–Crippen LogP) is 0.968. The summed E-state index contributed by atoms with van der Waals surface area (Å²) in [7, 11) is 3.33. The van der Waals surface area contributed by atoms with Gasteiger partial charge < -0.3 is 19.7 Å². The van der Waals surface area contributed by atoms with E-state index in [1.54, 1.807) is 14.2 Å². The van der Waals surface area contributed by atoms with E-state index in [4.69, 9.17) is 9.47 Å². The molecule has 2 rings (SSSR count). The Morgan fingerprint density at radius 3 is 2.57 bits per heavy atom. The highest BCUT2D eigenvalue weighted by atomic mass is 16.5. The standard InChI is InChI=1S/C17H27N3O3/c1-14(17(21)18-8-13-22-2)19-9-11-20(12-10-19)15-6-4-5-7-16(15)23-3/h4-7,14H,8-13H2,1-3H3,(H,18,21)/t14-/m1/s1. The number of benzene rings is 1. The van der Waals surface area contributed by atoms with Crippen molar-refractivity contribution in [1.29, 1.82) is 0 Å². The molecule has 6 nitrogen and oxygen atoms in total. The molecular weight excluding hydrogens is 294 g/mol. The minimum atomic E-state index is -0.119. The number of hydrogen-bond donors (Lipinski definition) is 1. The Kier molecular flexibility index (Phi) is 6.67. The van der Waals surface area contributed by atoms with Gasteiger partial charge in [0.05, 0.1) is 25.4 Å². The van der Waals surface area contributed by atoms with Gasteiger partial charge in [-0.1, -0.05) is 12.1 Å². The van der Waals surface area contributed by atoms with Gasteiger partial charge in [0, 0.05) is 39.8 Å². The Hall–Kier alpha value is -1.79. The molecule has 0 unspecified atom stereocenters. The van der Waals surface area contributed by atoms with Gasteiger partial charge in [-0.25, -0.2) is 0 Å². The van der Waals surface area contributed by atoms with Gasteiger partial charge in [0.1, 0.15) is 5.75 Å². The number of hydrogen-bond acceptors (Lipinski definition) is 5.